The van der Waals surface area contributed by atoms with Crippen LogP contribution in [0.1, 0.15) is 17.8 Å². The molecule has 0 bridgehead atoms. The average Bonchev–Trinajstić information content (AvgIpc) is 2.25. The predicted molar refractivity (Wildman–Crippen MR) is 48.4 cm³/mol. The average molecular weight is 273 g/mol. The number of methoxy groups -OCH3 is 1. The lowest BCUT2D eigenvalue weighted by atomic mass is 10.2. The Morgan fingerprint density at radius 3 is 2.39 bits per heavy atom. The summed E-state index contributed by atoms with van der Waals surface area (Å²) in [6.45, 7) is -0.808. The second kappa shape index (κ2) is 5.34. The van der Waals surface area contributed by atoms with Crippen molar-refractivity contribution in [2.75, 3.05) is 7.11 Å². The van der Waals surface area contributed by atoms with E-state index in [1.807, 2.05) is 0 Å². The molecule has 0 spiro atoms. The van der Waals surface area contributed by atoms with Crippen molar-refractivity contribution in [2.24, 2.45) is 0 Å². The molecule has 0 aromatic carbocycles. The van der Waals surface area contributed by atoms with Crippen molar-refractivity contribution in [2.45, 2.75) is 19.4 Å². The molecule has 1 heterocycles. The van der Waals surface area contributed by atoms with Crippen LogP contribution in [0.3, 0.4) is 0 Å². The molecule has 1 aromatic heterocycles. The Kier molecular flexibility index (Phi) is 4.28. The highest BCUT2D eigenvalue weighted by Gasteiger charge is 2.34. The van der Waals surface area contributed by atoms with Gasteiger partial charge in [-0.2, -0.15) is 0 Å². The van der Waals surface area contributed by atoms with Crippen LogP contribution in [0.2, 0.25) is 0 Å². The van der Waals surface area contributed by atoms with Gasteiger partial charge < -0.3 is 14.6 Å². The Morgan fingerprint density at radius 2 is 2.00 bits per heavy atom. The van der Waals surface area contributed by atoms with Crippen LogP contribution in [0.25, 0.3) is 0 Å². The van der Waals surface area contributed by atoms with E-state index in [1.165, 1.54) is 0 Å². The van der Waals surface area contributed by atoms with Crippen LogP contribution >= 0.6 is 0 Å². The number of alkyl halides is 5. The van der Waals surface area contributed by atoms with Gasteiger partial charge in [-0.25, -0.2) is 13.8 Å². The van der Waals surface area contributed by atoms with E-state index in [2.05, 4.69) is 14.5 Å². The molecule has 1 aromatic rings. The first-order valence-electron chi connectivity index (χ1n) is 4.51. The van der Waals surface area contributed by atoms with Crippen molar-refractivity contribution < 1.29 is 36.5 Å². The molecule has 0 atom stereocenters. The molecule has 102 valence electrons. The third-order valence-corrected chi connectivity index (χ3v) is 1.82. The lowest BCUT2D eigenvalue weighted by molar-refractivity contribution is -0.275. The number of pyridine rings is 1. The molecule has 0 saturated heterocycles. The van der Waals surface area contributed by atoms with E-state index < -0.39 is 36.6 Å². The Balaban J connectivity index is 3.33. The highest BCUT2D eigenvalue weighted by atomic mass is 19.4. The van der Waals surface area contributed by atoms with Crippen LogP contribution in [0.5, 0.6) is 11.5 Å². The summed E-state index contributed by atoms with van der Waals surface area (Å²) in [5, 5.41) is 8.75. The number of rotatable bonds is 4. The summed E-state index contributed by atoms with van der Waals surface area (Å²) >= 11 is 0. The van der Waals surface area contributed by atoms with Gasteiger partial charge in [-0.15, -0.1) is 13.2 Å². The fraction of sp³-hybridized carbons (Fsp3) is 0.444. The van der Waals surface area contributed by atoms with E-state index >= 15 is 0 Å². The highest BCUT2D eigenvalue weighted by Crippen LogP contribution is 2.38. The molecule has 1 rings (SSSR count). The van der Waals surface area contributed by atoms with Crippen molar-refractivity contribution in [3.05, 3.63) is 17.5 Å². The topological polar surface area (TPSA) is 51.6 Å². The molecule has 18 heavy (non-hydrogen) atoms. The molecular formula is C9H8F5NO3. The zero-order valence-corrected chi connectivity index (χ0v) is 8.96. The van der Waals surface area contributed by atoms with Gasteiger partial charge >= 0.3 is 6.36 Å². The smallest absolute Gasteiger partial charge is 0.491 e. The maximum absolute atomic E-state index is 12.6. The Hall–Kier alpha value is -1.64. The van der Waals surface area contributed by atoms with Gasteiger partial charge in [0.15, 0.2) is 17.2 Å². The first kappa shape index (κ1) is 14.4. The molecule has 0 aliphatic carbocycles. The molecule has 1 N–H and O–H groups in total. The normalized spacial score (nSPS) is 11.8. The number of hydrogen-bond acceptors (Lipinski definition) is 4. The maximum Gasteiger partial charge on any atom is 0.573 e. The number of aliphatic hydroxyl groups is 1. The minimum atomic E-state index is -5.07. The molecular weight excluding hydrogens is 265 g/mol. The number of hydrogen-bond donors (Lipinski definition) is 1. The van der Waals surface area contributed by atoms with Gasteiger partial charge in [0.05, 0.1) is 19.4 Å². The summed E-state index contributed by atoms with van der Waals surface area (Å²) in [7, 11) is 0.907. The van der Waals surface area contributed by atoms with Crippen LogP contribution in [0.15, 0.2) is 6.07 Å². The fourth-order valence-corrected chi connectivity index (χ4v) is 1.22. The van der Waals surface area contributed by atoms with Crippen LogP contribution in [-0.4, -0.2) is 23.6 Å². The number of ether oxygens (including phenoxy) is 2. The molecule has 0 unspecified atom stereocenters. The maximum atomic E-state index is 12.6. The Labute approximate surface area is 98.0 Å². The Bertz CT molecular complexity index is 421. The summed E-state index contributed by atoms with van der Waals surface area (Å²) in [6, 6.07) is 0.679. The predicted octanol–water partition coefficient (Wildman–Crippen LogP) is 2.42. The third kappa shape index (κ3) is 3.42. The van der Waals surface area contributed by atoms with Crippen LogP contribution < -0.4 is 9.47 Å². The minimum Gasteiger partial charge on any atom is -0.491 e. The quantitative estimate of drug-likeness (QED) is 0.856. The van der Waals surface area contributed by atoms with Gasteiger partial charge in [0.2, 0.25) is 0 Å². The van der Waals surface area contributed by atoms with Crippen molar-refractivity contribution in [3.8, 4) is 11.5 Å². The standard InChI is InChI=1S/C9H8F5NO3/c1-17-7-5(18-9(12,13)14)2-4(3-16)15-6(7)8(10)11/h2,8,16H,3H2,1H3. The molecule has 0 aliphatic heterocycles. The zero-order chi connectivity index (χ0) is 13.9. The molecule has 4 nitrogen and oxygen atoms in total. The fourth-order valence-electron chi connectivity index (χ4n) is 1.22. The van der Waals surface area contributed by atoms with Crippen LogP contribution in [0.4, 0.5) is 22.0 Å². The van der Waals surface area contributed by atoms with E-state index in [4.69, 9.17) is 5.11 Å². The SMILES string of the molecule is COc1c(OC(F)(F)F)cc(CO)nc1C(F)F. The van der Waals surface area contributed by atoms with E-state index in [1.54, 1.807) is 0 Å². The minimum absolute atomic E-state index is 0.384. The first-order chi connectivity index (χ1) is 8.28. The number of aliphatic hydroxyl groups excluding tert-OH is 1. The molecule has 0 radical (unpaired) electrons. The third-order valence-electron chi connectivity index (χ3n) is 1.82. The lowest BCUT2D eigenvalue weighted by Crippen LogP contribution is -2.18. The number of nitrogens with zero attached hydrogens (tertiary/aromatic N) is 1. The van der Waals surface area contributed by atoms with Crippen molar-refractivity contribution in [1.82, 2.24) is 4.98 Å². The van der Waals surface area contributed by atoms with Gasteiger partial charge in [0.1, 0.15) is 0 Å². The second-order valence-corrected chi connectivity index (χ2v) is 3.04. The lowest BCUT2D eigenvalue weighted by Gasteiger charge is -2.15. The van der Waals surface area contributed by atoms with Crippen molar-refractivity contribution in [3.63, 3.8) is 0 Å². The van der Waals surface area contributed by atoms with Gasteiger partial charge in [0, 0.05) is 6.07 Å². The first-order valence-corrected chi connectivity index (χ1v) is 4.51. The van der Waals surface area contributed by atoms with E-state index in [0.29, 0.717) is 6.07 Å². The summed E-state index contributed by atoms with van der Waals surface area (Å²) < 4.78 is 69.4. The van der Waals surface area contributed by atoms with Crippen molar-refractivity contribution in [1.29, 1.82) is 0 Å². The van der Waals surface area contributed by atoms with Crippen molar-refractivity contribution >= 4 is 0 Å². The van der Waals surface area contributed by atoms with E-state index in [0.717, 1.165) is 7.11 Å². The largest absolute Gasteiger partial charge is 0.573 e. The summed E-state index contributed by atoms with van der Waals surface area (Å²) in [6.07, 6.45) is -8.23. The van der Waals surface area contributed by atoms with Gasteiger partial charge in [-0.1, -0.05) is 0 Å². The molecule has 0 aliphatic rings. The summed E-state index contributed by atoms with van der Waals surface area (Å²) in [5.74, 6) is -1.79. The molecule has 0 saturated carbocycles. The van der Waals surface area contributed by atoms with E-state index in [-0.39, 0.29) is 5.69 Å². The molecule has 0 fully saturated rings. The van der Waals surface area contributed by atoms with Gasteiger partial charge in [-0.05, 0) is 0 Å². The van der Waals surface area contributed by atoms with Crippen LogP contribution in [-0.2, 0) is 6.61 Å². The monoisotopic (exact) mass is 273 g/mol. The Morgan fingerprint density at radius 1 is 1.39 bits per heavy atom. The number of aromatic nitrogens is 1. The van der Waals surface area contributed by atoms with Gasteiger partial charge in [-0.3, -0.25) is 0 Å². The zero-order valence-electron chi connectivity index (χ0n) is 8.96. The highest BCUT2D eigenvalue weighted by molar-refractivity contribution is 5.45. The molecule has 0 amide bonds. The molecule has 9 heteroatoms. The summed E-state index contributed by atoms with van der Waals surface area (Å²) in [4.78, 5) is 3.28. The second-order valence-electron chi connectivity index (χ2n) is 3.04. The summed E-state index contributed by atoms with van der Waals surface area (Å²) in [5.41, 5.74) is -1.41. The number of halogens is 5. The van der Waals surface area contributed by atoms with E-state index in [9.17, 15) is 22.0 Å². The van der Waals surface area contributed by atoms with Crippen LogP contribution in [0, 0.1) is 0 Å². The van der Waals surface area contributed by atoms with Gasteiger partial charge in [0.25, 0.3) is 6.43 Å².